The van der Waals surface area contributed by atoms with Crippen LogP contribution in [0, 0.1) is 0 Å². The number of fused-ring (bicyclic) bond motifs is 3. The van der Waals surface area contributed by atoms with E-state index in [-0.39, 0.29) is 11.9 Å². The van der Waals surface area contributed by atoms with Crippen molar-refractivity contribution in [3.63, 3.8) is 0 Å². The van der Waals surface area contributed by atoms with Crippen LogP contribution in [0.3, 0.4) is 0 Å². The molecular formula is C18H21N5O2. The topological polar surface area (TPSA) is 59.5 Å². The van der Waals surface area contributed by atoms with Crippen molar-refractivity contribution in [1.82, 2.24) is 14.7 Å². The zero-order valence-corrected chi connectivity index (χ0v) is 14.8. The summed E-state index contributed by atoms with van der Waals surface area (Å²) < 4.78 is 0. The monoisotopic (exact) mass is 339 g/mol. The minimum Gasteiger partial charge on any atom is -0.302 e. The number of guanidine groups is 1. The molecule has 0 radical (unpaired) electrons. The minimum absolute atomic E-state index is 0.184. The summed E-state index contributed by atoms with van der Waals surface area (Å²) in [5.74, 6) is 0.526. The summed E-state index contributed by atoms with van der Waals surface area (Å²) in [5, 5.41) is 0. The van der Waals surface area contributed by atoms with Gasteiger partial charge in [-0.05, 0) is 32.9 Å². The van der Waals surface area contributed by atoms with Crippen molar-refractivity contribution in [2.24, 2.45) is 4.99 Å². The molecule has 1 aromatic rings. The Morgan fingerprint density at radius 2 is 1.76 bits per heavy atom. The van der Waals surface area contributed by atoms with Crippen LogP contribution in [0.2, 0.25) is 0 Å². The Kier molecular flexibility index (Phi) is 3.35. The summed E-state index contributed by atoms with van der Waals surface area (Å²) in [6.07, 6.45) is -0.493. The first kappa shape index (κ1) is 15.7. The molecule has 25 heavy (non-hydrogen) atoms. The molecule has 0 N–H and O–H groups in total. The lowest BCUT2D eigenvalue weighted by Gasteiger charge is -2.40. The van der Waals surface area contributed by atoms with Gasteiger partial charge in [-0.3, -0.25) is 19.5 Å². The van der Waals surface area contributed by atoms with Gasteiger partial charge in [-0.1, -0.05) is 18.2 Å². The molecule has 0 aliphatic carbocycles. The molecule has 2 unspecified atom stereocenters. The SMILES string of the molecule is CCN1C(=O)C2C(N=C3N(c4ccccc4)C(C)=C(C)N32)N(C)C1=O. The van der Waals surface area contributed by atoms with Crippen LogP contribution in [0.25, 0.3) is 0 Å². The molecule has 3 heterocycles. The second-order valence-corrected chi connectivity index (χ2v) is 6.48. The van der Waals surface area contributed by atoms with Gasteiger partial charge in [-0.15, -0.1) is 0 Å². The third-order valence-corrected chi connectivity index (χ3v) is 5.22. The van der Waals surface area contributed by atoms with Gasteiger partial charge >= 0.3 is 6.03 Å². The molecule has 3 aliphatic rings. The number of carbonyl (C=O) groups excluding carboxylic acids is 2. The van der Waals surface area contributed by atoms with Crippen LogP contribution in [0.1, 0.15) is 20.8 Å². The third kappa shape index (κ3) is 1.95. The van der Waals surface area contributed by atoms with E-state index < -0.39 is 12.2 Å². The van der Waals surface area contributed by atoms with Crippen molar-refractivity contribution in [1.29, 1.82) is 0 Å². The first-order chi connectivity index (χ1) is 12.0. The number of allylic oxidation sites excluding steroid dienone is 2. The lowest BCUT2D eigenvalue weighted by molar-refractivity contribution is -0.136. The largest absolute Gasteiger partial charge is 0.328 e. The number of amides is 3. The zero-order valence-electron chi connectivity index (χ0n) is 14.8. The second-order valence-electron chi connectivity index (χ2n) is 6.48. The maximum absolute atomic E-state index is 13.0. The Balaban J connectivity index is 1.81. The lowest BCUT2D eigenvalue weighted by atomic mass is 10.1. The summed E-state index contributed by atoms with van der Waals surface area (Å²) in [5.41, 5.74) is 3.02. The van der Waals surface area contributed by atoms with Crippen molar-refractivity contribution < 1.29 is 9.59 Å². The predicted octanol–water partition coefficient (Wildman–Crippen LogP) is 2.04. The summed E-state index contributed by atoms with van der Waals surface area (Å²) in [7, 11) is 1.71. The molecule has 0 spiro atoms. The standard InChI is InChI=1S/C18H21N5O2/c1-5-21-16(24)14-15(20(4)18(21)25)19-17-22(11(2)12(3)23(14)17)13-9-7-6-8-10-13/h6-10,14-15H,5H2,1-4H3. The first-order valence-electron chi connectivity index (χ1n) is 8.45. The predicted molar refractivity (Wildman–Crippen MR) is 94.7 cm³/mol. The fourth-order valence-corrected chi connectivity index (χ4v) is 3.79. The van der Waals surface area contributed by atoms with E-state index in [1.54, 1.807) is 11.9 Å². The molecule has 4 rings (SSSR count). The highest BCUT2D eigenvalue weighted by Gasteiger charge is 2.55. The Morgan fingerprint density at radius 3 is 2.40 bits per heavy atom. The average molecular weight is 339 g/mol. The Hall–Kier alpha value is -2.83. The summed E-state index contributed by atoms with van der Waals surface area (Å²) >= 11 is 0. The van der Waals surface area contributed by atoms with E-state index >= 15 is 0 Å². The van der Waals surface area contributed by atoms with E-state index in [2.05, 4.69) is 4.90 Å². The maximum atomic E-state index is 13.0. The molecule has 2 atom stereocenters. The summed E-state index contributed by atoms with van der Waals surface area (Å²) in [6.45, 7) is 6.20. The van der Waals surface area contributed by atoms with Crippen LogP contribution < -0.4 is 4.90 Å². The van der Waals surface area contributed by atoms with Crippen LogP contribution >= 0.6 is 0 Å². The van der Waals surface area contributed by atoms with Crippen molar-refractivity contribution in [3.05, 3.63) is 41.7 Å². The number of para-hydroxylation sites is 1. The number of aliphatic imine (C=N–C) groups is 1. The molecule has 3 aliphatic heterocycles. The number of benzene rings is 1. The molecule has 1 saturated heterocycles. The molecule has 7 heteroatoms. The number of likely N-dealkylation sites (N-methyl/N-ethyl adjacent to an activating group) is 2. The van der Waals surface area contributed by atoms with Crippen LogP contribution in [-0.2, 0) is 4.79 Å². The Bertz CT molecular complexity index is 816. The van der Waals surface area contributed by atoms with E-state index in [4.69, 9.17) is 4.99 Å². The smallest absolute Gasteiger partial charge is 0.302 e. The van der Waals surface area contributed by atoms with Crippen molar-refractivity contribution in [2.75, 3.05) is 18.5 Å². The van der Waals surface area contributed by atoms with Gasteiger partial charge in [0.1, 0.15) is 0 Å². The molecule has 0 saturated carbocycles. The highest BCUT2D eigenvalue weighted by molar-refractivity contribution is 6.10. The van der Waals surface area contributed by atoms with Gasteiger partial charge in [0.25, 0.3) is 5.91 Å². The molecule has 7 nitrogen and oxygen atoms in total. The molecule has 1 aromatic carbocycles. The minimum atomic E-state index is -0.499. The highest BCUT2D eigenvalue weighted by Crippen LogP contribution is 2.39. The van der Waals surface area contributed by atoms with Crippen molar-refractivity contribution in [2.45, 2.75) is 33.0 Å². The lowest BCUT2D eigenvalue weighted by Crippen LogP contribution is -2.64. The van der Waals surface area contributed by atoms with Gasteiger partial charge in [0.2, 0.25) is 5.96 Å². The number of carbonyl (C=O) groups is 2. The number of urea groups is 1. The van der Waals surface area contributed by atoms with E-state index in [1.165, 1.54) is 4.90 Å². The Morgan fingerprint density at radius 1 is 1.08 bits per heavy atom. The third-order valence-electron chi connectivity index (χ3n) is 5.22. The number of hydrogen-bond acceptors (Lipinski definition) is 5. The average Bonchev–Trinajstić information content (AvgIpc) is 3.11. The van der Waals surface area contributed by atoms with Crippen LogP contribution in [0.4, 0.5) is 10.5 Å². The van der Waals surface area contributed by atoms with Gasteiger partial charge < -0.3 is 4.90 Å². The number of rotatable bonds is 2. The number of anilines is 1. The first-order valence-corrected chi connectivity index (χ1v) is 8.45. The van der Waals surface area contributed by atoms with Gasteiger partial charge in [0.15, 0.2) is 12.2 Å². The molecular weight excluding hydrogens is 318 g/mol. The maximum Gasteiger partial charge on any atom is 0.328 e. The van der Waals surface area contributed by atoms with Gasteiger partial charge in [-0.2, -0.15) is 0 Å². The summed E-state index contributed by atoms with van der Waals surface area (Å²) in [4.78, 5) is 37.0. The van der Waals surface area contributed by atoms with Crippen LogP contribution in [0.5, 0.6) is 0 Å². The fourth-order valence-electron chi connectivity index (χ4n) is 3.79. The molecule has 130 valence electrons. The second kappa shape index (κ2) is 5.34. The van der Waals surface area contributed by atoms with Crippen LogP contribution in [-0.4, -0.2) is 58.4 Å². The molecule has 3 amide bonds. The number of hydrogen-bond donors (Lipinski definition) is 0. The van der Waals surface area contributed by atoms with Gasteiger partial charge in [0.05, 0.1) is 0 Å². The highest BCUT2D eigenvalue weighted by atomic mass is 16.2. The number of imide groups is 1. The van der Waals surface area contributed by atoms with Gasteiger partial charge in [0, 0.05) is 30.7 Å². The summed E-state index contributed by atoms with van der Waals surface area (Å²) in [6, 6.07) is 9.16. The van der Waals surface area contributed by atoms with Gasteiger partial charge in [-0.25, -0.2) is 9.79 Å². The van der Waals surface area contributed by atoms with E-state index in [1.807, 2.05) is 56.0 Å². The van der Waals surface area contributed by atoms with Crippen molar-refractivity contribution in [3.8, 4) is 0 Å². The number of nitrogens with zero attached hydrogens (tertiary/aromatic N) is 5. The zero-order chi connectivity index (χ0) is 17.9. The normalized spacial score (nSPS) is 25.7. The molecule has 1 fully saturated rings. The quantitative estimate of drug-likeness (QED) is 0.827. The Labute approximate surface area is 146 Å². The van der Waals surface area contributed by atoms with E-state index in [9.17, 15) is 9.59 Å². The van der Waals surface area contributed by atoms with Crippen molar-refractivity contribution >= 4 is 23.6 Å². The van der Waals surface area contributed by atoms with Crippen LogP contribution in [0.15, 0.2) is 46.7 Å². The molecule has 0 aromatic heterocycles. The fraction of sp³-hybridized carbons (Fsp3) is 0.389. The van der Waals surface area contributed by atoms with E-state index in [0.29, 0.717) is 12.5 Å². The molecule has 0 bridgehead atoms. The van der Waals surface area contributed by atoms with E-state index in [0.717, 1.165) is 17.1 Å².